The molecule has 1 atom stereocenters. The van der Waals surface area contributed by atoms with E-state index in [0.717, 1.165) is 11.6 Å². The number of hydrogen-bond acceptors (Lipinski definition) is 3. The number of nitrogens with one attached hydrogen (secondary N) is 2. The lowest BCUT2D eigenvalue weighted by atomic mass is 10.1. The first kappa shape index (κ1) is 15.5. The summed E-state index contributed by atoms with van der Waals surface area (Å²) in [6.07, 6.45) is 0. The van der Waals surface area contributed by atoms with Gasteiger partial charge in [0.2, 0.25) is 5.91 Å². The van der Waals surface area contributed by atoms with Gasteiger partial charge >= 0.3 is 0 Å². The molecule has 0 aliphatic rings. The van der Waals surface area contributed by atoms with Gasteiger partial charge in [0, 0.05) is 0 Å². The van der Waals surface area contributed by atoms with Crippen molar-refractivity contribution in [1.29, 1.82) is 5.26 Å². The molecule has 2 aromatic rings. The van der Waals surface area contributed by atoms with E-state index in [2.05, 4.69) is 10.6 Å². The second-order valence-electron chi connectivity index (χ2n) is 4.86. The molecule has 0 radical (unpaired) electrons. The van der Waals surface area contributed by atoms with Gasteiger partial charge in [-0.3, -0.25) is 4.79 Å². The Morgan fingerprint density at radius 3 is 2.64 bits per heavy atom. The summed E-state index contributed by atoms with van der Waals surface area (Å²) >= 11 is 0. The number of rotatable bonds is 5. The molecule has 2 aromatic carbocycles. The van der Waals surface area contributed by atoms with E-state index in [1.807, 2.05) is 43.3 Å². The molecule has 1 amide bonds. The van der Waals surface area contributed by atoms with Crippen molar-refractivity contribution in [2.75, 3.05) is 11.9 Å². The molecule has 0 aliphatic heterocycles. The Kier molecular flexibility index (Phi) is 5.10. The minimum Gasteiger partial charge on any atom is -0.374 e. The van der Waals surface area contributed by atoms with Crippen molar-refractivity contribution in [3.05, 3.63) is 65.5 Å². The van der Waals surface area contributed by atoms with Crippen LogP contribution in [0.1, 0.15) is 24.1 Å². The Morgan fingerprint density at radius 1 is 1.27 bits per heavy atom. The van der Waals surface area contributed by atoms with Crippen molar-refractivity contribution >= 4 is 11.6 Å². The number of halogens is 1. The minimum atomic E-state index is -0.553. The first-order valence-corrected chi connectivity index (χ1v) is 6.88. The molecule has 2 rings (SSSR count). The molecule has 22 heavy (non-hydrogen) atoms. The van der Waals surface area contributed by atoms with Crippen LogP contribution in [0, 0.1) is 17.1 Å². The highest BCUT2D eigenvalue weighted by Gasteiger charge is 2.10. The number of nitrogens with zero attached hydrogens (tertiary/aromatic N) is 1. The van der Waals surface area contributed by atoms with E-state index in [9.17, 15) is 9.18 Å². The lowest BCUT2D eigenvalue weighted by Gasteiger charge is -2.15. The van der Waals surface area contributed by atoms with E-state index < -0.39 is 5.82 Å². The molecule has 0 spiro atoms. The molecular weight excluding hydrogens is 281 g/mol. The monoisotopic (exact) mass is 297 g/mol. The molecule has 112 valence electrons. The number of nitriles is 1. The van der Waals surface area contributed by atoms with Crippen molar-refractivity contribution in [3.63, 3.8) is 0 Å². The van der Waals surface area contributed by atoms with Crippen molar-refractivity contribution in [2.24, 2.45) is 0 Å². The SMILES string of the molecule is CC(NC(=O)CNc1ccc(C#N)cc1F)c1ccccc1. The van der Waals surface area contributed by atoms with Gasteiger partial charge in [0.25, 0.3) is 0 Å². The van der Waals surface area contributed by atoms with Gasteiger partial charge < -0.3 is 10.6 Å². The zero-order valence-electron chi connectivity index (χ0n) is 12.1. The standard InChI is InChI=1S/C17H16FN3O/c1-12(14-5-3-2-4-6-14)21-17(22)11-20-16-8-7-13(10-19)9-15(16)18/h2-9,12,20H,11H2,1H3,(H,21,22). The van der Waals surface area contributed by atoms with Gasteiger partial charge in [0.1, 0.15) is 5.82 Å². The molecule has 0 heterocycles. The zero-order valence-corrected chi connectivity index (χ0v) is 12.1. The molecule has 0 saturated heterocycles. The smallest absolute Gasteiger partial charge is 0.239 e. The Balaban J connectivity index is 1.89. The summed E-state index contributed by atoms with van der Waals surface area (Å²) in [6.45, 7) is 1.84. The second-order valence-corrected chi connectivity index (χ2v) is 4.86. The fourth-order valence-corrected chi connectivity index (χ4v) is 2.02. The maximum absolute atomic E-state index is 13.7. The van der Waals surface area contributed by atoms with E-state index >= 15 is 0 Å². The molecule has 0 aromatic heterocycles. The second kappa shape index (κ2) is 7.23. The van der Waals surface area contributed by atoms with Crippen molar-refractivity contribution < 1.29 is 9.18 Å². The van der Waals surface area contributed by atoms with Crippen LogP contribution in [0.5, 0.6) is 0 Å². The normalized spacial score (nSPS) is 11.3. The van der Waals surface area contributed by atoms with Crippen LogP contribution in [0.3, 0.4) is 0 Å². The molecule has 0 fully saturated rings. The van der Waals surface area contributed by atoms with Crippen molar-refractivity contribution in [2.45, 2.75) is 13.0 Å². The average molecular weight is 297 g/mol. The summed E-state index contributed by atoms with van der Waals surface area (Å²) in [5, 5.41) is 14.2. The van der Waals surface area contributed by atoms with E-state index in [4.69, 9.17) is 5.26 Å². The van der Waals surface area contributed by atoms with Crippen LogP contribution in [0.15, 0.2) is 48.5 Å². The summed E-state index contributed by atoms with van der Waals surface area (Å²) in [6, 6.07) is 15.4. The van der Waals surface area contributed by atoms with Crippen molar-refractivity contribution in [1.82, 2.24) is 5.32 Å². The van der Waals surface area contributed by atoms with Gasteiger partial charge in [-0.2, -0.15) is 5.26 Å². The minimum absolute atomic E-state index is 0.0417. The third-order valence-electron chi connectivity index (χ3n) is 3.21. The molecular formula is C17H16FN3O. The quantitative estimate of drug-likeness (QED) is 0.891. The van der Waals surface area contributed by atoms with Crippen LogP contribution < -0.4 is 10.6 Å². The maximum Gasteiger partial charge on any atom is 0.239 e. The van der Waals surface area contributed by atoms with Crippen molar-refractivity contribution in [3.8, 4) is 6.07 Å². The highest BCUT2D eigenvalue weighted by molar-refractivity contribution is 5.81. The average Bonchev–Trinajstić information content (AvgIpc) is 2.54. The maximum atomic E-state index is 13.7. The summed E-state index contributed by atoms with van der Waals surface area (Å²) in [7, 11) is 0. The number of benzene rings is 2. The lowest BCUT2D eigenvalue weighted by Crippen LogP contribution is -2.32. The molecule has 2 N–H and O–H groups in total. The predicted molar refractivity (Wildman–Crippen MR) is 82.6 cm³/mol. The molecule has 5 heteroatoms. The zero-order chi connectivity index (χ0) is 15.9. The van der Waals surface area contributed by atoms with Crippen LogP contribution in [0.2, 0.25) is 0 Å². The Morgan fingerprint density at radius 2 is 2.00 bits per heavy atom. The van der Waals surface area contributed by atoms with Crippen LogP contribution in [-0.2, 0) is 4.79 Å². The third-order valence-corrected chi connectivity index (χ3v) is 3.21. The Bertz CT molecular complexity index is 695. The number of carbonyl (C=O) groups excluding carboxylic acids is 1. The van der Waals surface area contributed by atoms with Crippen LogP contribution >= 0.6 is 0 Å². The van der Waals surface area contributed by atoms with Gasteiger partial charge in [-0.1, -0.05) is 30.3 Å². The molecule has 4 nitrogen and oxygen atoms in total. The van der Waals surface area contributed by atoms with E-state index in [-0.39, 0.29) is 29.7 Å². The van der Waals surface area contributed by atoms with Crippen LogP contribution in [-0.4, -0.2) is 12.5 Å². The highest BCUT2D eigenvalue weighted by atomic mass is 19.1. The van der Waals surface area contributed by atoms with Gasteiger partial charge in [-0.15, -0.1) is 0 Å². The fraction of sp³-hybridized carbons (Fsp3) is 0.176. The third kappa shape index (κ3) is 4.06. The van der Waals surface area contributed by atoms with Gasteiger partial charge in [-0.25, -0.2) is 4.39 Å². The Labute approximate surface area is 128 Å². The van der Waals surface area contributed by atoms with Gasteiger partial charge in [0.15, 0.2) is 0 Å². The van der Waals surface area contributed by atoms with Crippen LogP contribution in [0.4, 0.5) is 10.1 Å². The summed E-state index contributed by atoms with van der Waals surface area (Å²) in [5.41, 5.74) is 1.44. The predicted octanol–water partition coefficient (Wildman–Crippen LogP) is 2.99. The van der Waals surface area contributed by atoms with Gasteiger partial charge in [0.05, 0.1) is 29.9 Å². The van der Waals surface area contributed by atoms with Crippen LogP contribution in [0.25, 0.3) is 0 Å². The number of amides is 1. The fourth-order valence-electron chi connectivity index (χ4n) is 2.02. The molecule has 0 aliphatic carbocycles. The largest absolute Gasteiger partial charge is 0.374 e. The first-order valence-electron chi connectivity index (χ1n) is 6.88. The number of anilines is 1. The lowest BCUT2D eigenvalue weighted by molar-refractivity contribution is -0.120. The number of carbonyl (C=O) groups is 1. The molecule has 0 saturated carbocycles. The Hall–Kier alpha value is -2.87. The molecule has 1 unspecified atom stereocenters. The highest BCUT2D eigenvalue weighted by Crippen LogP contribution is 2.15. The van der Waals surface area contributed by atoms with E-state index in [1.165, 1.54) is 12.1 Å². The first-order chi connectivity index (χ1) is 10.6. The van der Waals surface area contributed by atoms with E-state index in [1.54, 1.807) is 0 Å². The van der Waals surface area contributed by atoms with Gasteiger partial charge in [-0.05, 0) is 30.7 Å². The summed E-state index contributed by atoms with van der Waals surface area (Å²) in [5.74, 6) is -0.789. The summed E-state index contributed by atoms with van der Waals surface area (Å²) < 4.78 is 13.7. The molecule has 0 bridgehead atoms. The topological polar surface area (TPSA) is 64.9 Å². The summed E-state index contributed by atoms with van der Waals surface area (Å²) in [4.78, 5) is 11.9. The number of hydrogen-bond donors (Lipinski definition) is 2. The van der Waals surface area contributed by atoms with E-state index in [0.29, 0.717) is 0 Å².